The van der Waals surface area contributed by atoms with Crippen LogP contribution in [0, 0.1) is 0 Å². The van der Waals surface area contributed by atoms with Crippen LogP contribution in [0.5, 0.6) is 40.2 Å². The molecule has 4 aromatic rings. The van der Waals surface area contributed by atoms with Crippen molar-refractivity contribution in [2.24, 2.45) is 0 Å². The van der Waals surface area contributed by atoms with E-state index < -0.39 is 34.6 Å². The minimum atomic E-state index is -0.922. The van der Waals surface area contributed by atoms with Crippen LogP contribution in [-0.4, -0.2) is 49.3 Å². The highest BCUT2D eigenvalue weighted by Crippen LogP contribution is 2.44. The minimum Gasteiger partial charge on any atom is -0.507 e. The van der Waals surface area contributed by atoms with Gasteiger partial charge in [0.2, 0.25) is 11.5 Å². The quantitative estimate of drug-likeness (QED) is 0.137. The third-order valence-electron chi connectivity index (χ3n) is 5.11. The lowest BCUT2D eigenvalue weighted by Crippen LogP contribution is -2.02. The number of rotatable bonds is 5. The average Bonchev–Trinajstić information content (AvgIpc) is 2.90. The summed E-state index contributed by atoms with van der Waals surface area (Å²) in [4.78, 5) is 24.1. The molecular weight excluding hydrogens is 468 g/mol. The zero-order valence-corrected chi connectivity index (χ0v) is 18.9. The van der Waals surface area contributed by atoms with Crippen LogP contribution in [0.25, 0.3) is 0 Å². The average molecular weight is 490 g/mol. The van der Waals surface area contributed by atoms with Gasteiger partial charge in [0.15, 0.2) is 23.1 Å². The number of phenols is 6. The summed E-state index contributed by atoms with van der Waals surface area (Å²) in [6.07, 6.45) is 0. The summed E-state index contributed by atoms with van der Waals surface area (Å²) in [5, 5.41) is 56.8. The molecule has 0 amide bonds. The van der Waals surface area contributed by atoms with Crippen molar-refractivity contribution in [3.63, 3.8) is 0 Å². The smallest absolute Gasteiger partial charge is 0.205 e. The van der Waals surface area contributed by atoms with Crippen LogP contribution >= 0.6 is 0 Å². The Balaban J connectivity index is 0.000000201. The second-order valence-electron chi connectivity index (χ2n) is 7.41. The van der Waals surface area contributed by atoms with Crippen LogP contribution in [0.15, 0.2) is 78.9 Å². The van der Waals surface area contributed by atoms with Crippen molar-refractivity contribution in [3.8, 4) is 40.2 Å². The fraction of sp³-hybridized carbons (Fsp3) is 0.0370. The first-order valence-corrected chi connectivity index (χ1v) is 10.4. The number of para-hydroxylation sites is 1. The van der Waals surface area contributed by atoms with Gasteiger partial charge in [0, 0.05) is 11.6 Å². The number of phenolic OH excluding ortho intramolecular Hbond substituents is 6. The third kappa shape index (κ3) is 5.31. The largest absolute Gasteiger partial charge is 0.507 e. The Morgan fingerprint density at radius 2 is 1.17 bits per heavy atom. The van der Waals surface area contributed by atoms with Gasteiger partial charge in [-0.15, -0.1) is 0 Å². The van der Waals surface area contributed by atoms with Crippen molar-refractivity contribution in [2.75, 3.05) is 7.11 Å². The number of methoxy groups -OCH3 is 1. The standard InChI is InChI=1S/C14H12O4.C13H10O5/c1-18-9-6-7-11(13(16)8-9)14(17)10-4-2-3-5-12(10)15;14-9-6-8(11(16)13(18)12(9)17)10(15)7-4-2-1-3-5-7/h2-8,15-16H,1H3;1-6,14,16-18H. The lowest BCUT2D eigenvalue weighted by Gasteiger charge is -2.08. The van der Waals surface area contributed by atoms with E-state index in [0.29, 0.717) is 5.75 Å². The number of hydrogen-bond acceptors (Lipinski definition) is 9. The Morgan fingerprint density at radius 1 is 0.556 bits per heavy atom. The number of ketones is 2. The first-order chi connectivity index (χ1) is 17.1. The molecule has 0 aliphatic carbocycles. The molecule has 0 saturated heterocycles. The molecule has 0 fully saturated rings. The molecule has 0 unspecified atom stereocenters. The predicted octanol–water partition coefficient (Wildman–Crippen LogP) is 4.08. The fourth-order valence-electron chi connectivity index (χ4n) is 3.19. The molecular formula is C27H22O9. The van der Waals surface area contributed by atoms with Crippen molar-refractivity contribution >= 4 is 11.6 Å². The highest BCUT2D eigenvalue weighted by atomic mass is 16.5. The van der Waals surface area contributed by atoms with Gasteiger partial charge >= 0.3 is 0 Å². The van der Waals surface area contributed by atoms with Crippen molar-refractivity contribution < 1.29 is 45.0 Å². The third-order valence-corrected chi connectivity index (χ3v) is 5.11. The van der Waals surface area contributed by atoms with Crippen LogP contribution in [0.2, 0.25) is 0 Å². The Morgan fingerprint density at radius 3 is 1.78 bits per heavy atom. The van der Waals surface area contributed by atoms with E-state index in [0.717, 1.165) is 6.07 Å². The number of carbonyl (C=O) groups is 2. The van der Waals surface area contributed by atoms with Gasteiger partial charge in [0.25, 0.3) is 0 Å². The van der Waals surface area contributed by atoms with E-state index in [1.54, 1.807) is 36.4 Å². The summed E-state index contributed by atoms with van der Waals surface area (Å²) >= 11 is 0. The molecule has 0 aliphatic rings. The lowest BCUT2D eigenvalue weighted by molar-refractivity contribution is 0.102. The molecule has 0 saturated carbocycles. The molecule has 9 heteroatoms. The molecule has 184 valence electrons. The maximum absolute atomic E-state index is 12.1. The van der Waals surface area contributed by atoms with Crippen molar-refractivity contribution in [2.45, 2.75) is 0 Å². The maximum atomic E-state index is 12.1. The van der Waals surface area contributed by atoms with Crippen molar-refractivity contribution in [1.29, 1.82) is 0 Å². The van der Waals surface area contributed by atoms with Crippen LogP contribution < -0.4 is 4.74 Å². The van der Waals surface area contributed by atoms with Crippen LogP contribution in [0.4, 0.5) is 0 Å². The highest BCUT2D eigenvalue weighted by Gasteiger charge is 2.22. The molecule has 36 heavy (non-hydrogen) atoms. The maximum Gasteiger partial charge on any atom is 0.205 e. The molecule has 4 aromatic carbocycles. The summed E-state index contributed by atoms with van der Waals surface area (Å²) < 4.78 is 4.94. The molecule has 0 aliphatic heterocycles. The minimum absolute atomic E-state index is 0.113. The van der Waals surface area contributed by atoms with Gasteiger partial charge in [-0.05, 0) is 30.3 Å². The number of hydrogen-bond donors (Lipinski definition) is 6. The normalized spacial score (nSPS) is 10.1. The molecule has 0 bridgehead atoms. The second kappa shape index (κ2) is 10.8. The summed E-state index contributed by atoms with van der Waals surface area (Å²) in [5.41, 5.74) is 0.279. The molecule has 0 aromatic heterocycles. The van der Waals surface area contributed by atoms with Gasteiger partial charge in [0.05, 0.1) is 23.8 Å². The van der Waals surface area contributed by atoms with Crippen molar-refractivity contribution in [3.05, 3.63) is 101 Å². The van der Waals surface area contributed by atoms with Crippen LogP contribution in [0.1, 0.15) is 31.8 Å². The first-order valence-electron chi connectivity index (χ1n) is 10.4. The van der Waals surface area contributed by atoms with Crippen LogP contribution in [-0.2, 0) is 0 Å². The van der Waals surface area contributed by atoms with E-state index in [-0.39, 0.29) is 33.8 Å². The summed E-state index contributed by atoms with van der Waals surface area (Å²) in [7, 11) is 1.47. The molecule has 6 N–H and O–H groups in total. The summed E-state index contributed by atoms with van der Waals surface area (Å²) in [6.45, 7) is 0. The van der Waals surface area contributed by atoms with Crippen LogP contribution in [0.3, 0.4) is 0 Å². The second-order valence-corrected chi connectivity index (χ2v) is 7.41. The Bertz CT molecular complexity index is 1410. The van der Waals surface area contributed by atoms with E-state index in [1.165, 1.54) is 43.5 Å². The summed E-state index contributed by atoms with van der Waals surface area (Å²) in [5.74, 6) is -4.07. The van der Waals surface area contributed by atoms with E-state index in [4.69, 9.17) is 4.74 Å². The van der Waals surface area contributed by atoms with Gasteiger partial charge in [-0.25, -0.2) is 0 Å². The van der Waals surface area contributed by atoms with Gasteiger partial charge < -0.3 is 35.4 Å². The Hall–Kier alpha value is -5.18. The highest BCUT2D eigenvalue weighted by molar-refractivity contribution is 6.12. The SMILES string of the molecule is COc1ccc(C(=O)c2ccccc2O)c(O)c1.O=C(c1ccccc1)c1cc(O)c(O)c(O)c1O. The number of carbonyl (C=O) groups excluding carboxylic acids is 2. The van der Waals surface area contributed by atoms with E-state index >= 15 is 0 Å². The van der Waals surface area contributed by atoms with Crippen molar-refractivity contribution in [1.82, 2.24) is 0 Å². The molecule has 0 radical (unpaired) electrons. The molecule has 0 spiro atoms. The fourth-order valence-corrected chi connectivity index (χ4v) is 3.19. The van der Waals surface area contributed by atoms with Gasteiger partial charge in [-0.3, -0.25) is 9.59 Å². The predicted molar refractivity (Wildman–Crippen MR) is 129 cm³/mol. The molecule has 4 rings (SSSR count). The number of ether oxygens (including phenoxy) is 1. The molecule has 9 nitrogen and oxygen atoms in total. The first kappa shape index (κ1) is 25.4. The summed E-state index contributed by atoms with van der Waals surface area (Å²) in [6, 6.07) is 19.6. The number of benzene rings is 4. The zero-order chi connectivity index (χ0) is 26.4. The van der Waals surface area contributed by atoms with Gasteiger partial charge in [0.1, 0.15) is 17.2 Å². The van der Waals surface area contributed by atoms with Gasteiger partial charge in [-0.2, -0.15) is 0 Å². The molecule has 0 atom stereocenters. The van der Waals surface area contributed by atoms with E-state index in [1.807, 2.05) is 0 Å². The lowest BCUT2D eigenvalue weighted by atomic mass is 10.0. The Labute approximate surface area is 205 Å². The van der Waals surface area contributed by atoms with E-state index in [2.05, 4.69) is 0 Å². The van der Waals surface area contributed by atoms with Gasteiger partial charge in [-0.1, -0.05) is 42.5 Å². The number of aromatic hydroxyl groups is 6. The Kier molecular flexibility index (Phi) is 7.65. The topological polar surface area (TPSA) is 165 Å². The zero-order valence-electron chi connectivity index (χ0n) is 18.9. The van der Waals surface area contributed by atoms with E-state index in [9.17, 15) is 40.2 Å². The molecule has 0 heterocycles. The monoisotopic (exact) mass is 490 g/mol.